The van der Waals surface area contributed by atoms with Crippen LogP contribution in [-0.4, -0.2) is 0 Å². The standard InChI is InChI=1S/C24H18/c1-2-9-21-16(5-1)13-17-7-3-8-18-14-19-12-11-15-6-4-10-20(15)23(19)24(21)22(17)18/h1-5,7-12,24H,6,13-14H2. The molecule has 0 aromatic heterocycles. The highest BCUT2D eigenvalue weighted by Gasteiger charge is 2.35. The van der Waals surface area contributed by atoms with Gasteiger partial charge in [-0.05, 0) is 69.3 Å². The second-order valence-electron chi connectivity index (χ2n) is 7.29. The summed E-state index contributed by atoms with van der Waals surface area (Å²) in [6, 6.07) is 20.7. The quantitative estimate of drug-likeness (QED) is 0.367. The number of hydrogen-bond acceptors (Lipinski definition) is 0. The maximum atomic E-state index is 2.38. The molecule has 0 aliphatic heterocycles. The summed E-state index contributed by atoms with van der Waals surface area (Å²) in [5, 5.41) is 0. The molecule has 0 heterocycles. The number of allylic oxidation sites excluding steroid dienone is 1. The monoisotopic (exact) mass is 306 g/mol. The summed E-state index contributed by atoms with van der Waals surface area (Å²) < 4.78 is 0. The van der Waals surface area contributed by atoms with E-state index in [0.29, 0.717) is 5.92 Å². The molecule has 6 rings (SSSR count). The zero-order valence-electron chi connectivity index (χ0n) is 13.5. The molecule has 0 saturated heterocycles. The summed E-state index contributed by atoms with van der Waals surface area (Å²) >= 11 is 0. The number of benzene rings is 3. The summed E-state index contributed by atoms with van der Waals surface area (Å²) in [6.45, 7) is 0. The van der Waals surface area contributed by atoms with Crippen molar-refractivity contribution in [3.63, 3.8) is 0 Å². The second kappa shape index (κ2) is 4.48. The normalized spacial score (nSPS) is 18.6. The molecule has 0 radical (unpaired) electrons. The molecular formula is C24H18. The molecule has 24 heavy (non-hydrogen) atoms. The molecule has 3 aliphatic carbocycles. The Bertz CT molecular complexity index is 1020. The molecule has 3 aromatic rings. The van der Waals surface area contributed by atoms with Crippen molar-refractivity contribution in [3.8, 4) is 0 Å². The molecule has 3 aromatic carbocycles. The molecule has 0 nitrogen and oxygen atoms in total. The molecule has 0 bridgehead atoms. The Hall–Kier alpha value is -2.60. The van der Waals surface area contributed by atoms with E-state index >= 15 is 0 Å². The van der Waals surface area contributed by atoms with Crippen molar-refractivity contribution < 1.29 is 0 Å². The molecule has 114 valence electrons. The Morgan fingerprint density at radius 1 is 0.625 bits per heavy atom. The van der Waals surface area contributed by atoms with Crippen LogP contribution in [0.4, 0.5) is 0 Å². The highest BCUT2D eigenvalue weighted by Crippen LogP contribution is 2.49. The van der Waals surface area contributed by atoms with Gasteiger partial charge in [0.1, 0.15) is 0 Å². The van der Waals surface area contributed by atoms with E-state index in [1.54, 1.807) is 11.1 Å². The maximum absolute atomic E-state index is 2.38. The molecule has 0 amide bonds. The summed E-state index contributed by atoms with van der Waals surface area (Å²) in [5.74, 6) is 0.419. The van der Waals surface area contributed by atoms with Gasteiger partial charge < -0.3 is 0 Å². The van der Waals surface area contributed by atoms with Crippen LogP contribution in [0.3, 0.4) is 0 Å². The van der Waals surface area contributed by atoms with Crippen molar-refractivity contribution in [3.05, 3.63) is 111 Å². The molecule has 1 unspecified atom stereocenters. The lowest BCUT2D eigenvalue weighted by Crippen LogP contribution is -2.23. The van der Waals surface area contributed by atoms with Crippen molar-refractivity contribution >= 4 is 6.08 Å². The molecule has 0 fully saturated rings. The van der Waals surface area contributed by atoms with Crippen molar-refractivity contribution in [2.24, 2.45) is 0 Å². The minimum Gasteiger partial charge on any atom is -0.0795 e. The lowest BCUT2D eigenvalue weighted by atomic mass is 9.67. The largest absolute Gasteiger partial charge is 0.0795 e. The summed E-state index contributed by atoms with van der Waals surface area (Å²) in [7, 11) is 0. The van der Waals surface area contributed by atoms with Gasteiger partial charge in [-0.1, -0.05) is 66.7 Å². The van der Waals surface area contributed by atoms with Crippen LogP contribution in [0.25, 0.3) is 6.08 Å². The van der Waals surface area contributed by atoms with Crippen LogP contribution < -0.4 is 0 Å². The predicted molar refractivity (Wildman–Crippen MR) is 98.6 cm³/mol. The van der Waals surface area contributed by atoms with Crippen molar-refractivity contribution in [2.75, 3.05) is 0 Å². The SMILES string of the molecule is C1=Cc2c(ccc3c2C2c4ccccc4Cc4cccc(c42)C3)C1. The van der Waals surface area contributed by atoms with Gasteiger partial charge in [0, 0.05) is 5.92 Å². The van der Waals surface area contributed by atoms with Crippen LogP contribution in [-0.2, 0) is 19.3 Å². The van der Waals surface area contributed by atoms with Gasteiger partial charge in [-0.25, -0.2) is 0 Å². The zero-order valence-corrected chi connectivity index (χ0v) is 13.5. The lowest BCUT2D eigenvalue weighted by Gasteiger charge is -2.37. The van der Waals surface area contributed by atoms with Crippen molar-refractivity contribution in [2.45, 2.75) is 25.2 Å². The molecular weight excluding hydrogens is 288 g/mol. The Morgan fingerprint density at radius 3 is 2.25 bits per heavy atom. The van der Waals surface area contributed by atoms with Crippen molar-refractivity contribution in [1.82, 2.24) is 0 Å². The van der Waals surface area contributed by atoms with Crippen LogP contribution in [0.5, 0.6) is 0 Å². The van der Waals surface area contributed by atoms with Crippen LogP contribution >= 0.6 is 0 Å². The number of fused-ring (bicyclic) bond motifs is 6. The zero-order chi connectivity index (χ0) is 15.7. The van der Waals surface area contributed by atoms with Gasteiger partial charge in [-0.3, -0.25) is 0 Å². The Kier molecular flexibility index (Phi) is 2.38. The number of hydrogen-bond donors (Lipinski definition) is 0. The van der Waals surface area contributed by atoms with Gasteiger partial charge in [-0.2, -0.15) is 0 Å². The van der Waals surface area contributed by atoms with E-state index in [-0.39, 0.29) is 0 Å². The first kappa shape index (κ1) is 12.8. The molecule has 0 N–H and O–H groups in total. The third-order valence-corrected chi connectivity index (χ3v) is 6.08. The first-order valence-corrected chi connectivity index (χ1v) is 8.90. The van der Waals surface area contributed by atoms with Gasteiger partial charge in [0.05, 0.1) is 0 Å². The average Bonchev–Trinajstić information content (AvgIpc) is 3.10. The fourth-order valence-corrected chi connectivity index (χ4v) is 5.09. The predicted octanol–water partition coefficient (Wildman–Crippen LogP) is 5.24. The van der Waals surface area contributed by atoms with Gasteiger partial charge >= 0.3 is 0 Å². The summed E-state index contributed by atoms with van der Waals surface area (Å²) in [5.41, 5.74) is 13.8. The van der Waals surface area contributed by atoms with E-state index in [1.807, 2.05) is 0 Å². The van der Waals surface area contributed by atoms with Gasteiger partial charge in [0.25, 0.3) is 0 Å². The topological polar surface area (TPSA) is 0 Å². The van der Waals surface area contributed by atoms with Crippen LogP contribution in [0, 0.1) is 0 Å². The first-order chi connectivity index (χ1) is 11.9. The van der Waals surface area contributed by atoms with E-state index < -0.39 is 0 Å². The minimum absolute atomic E-state index is 0.419. The van der Waals surface area contributed by atoms with E-state index in [9.17, 15) is 0 Å². The van der Waals surface area contributed by atoms with Gasteiger partial charge in [0.2, 0.25) is 0 Å². The summed E-state index contributed by atoms with van der Waals surface area (Å²) in [6.07, 6.45) is 7.93. The van der Waals surface area contributed by atoms with Gasteiger partial charge in [-0.15, -0.1) is 0 Å². The molecule has 0 saturated carbocycles. The fourth-order valence-electron chi connectivity index (χ4n) is 5.09. The Morgan fingerprint density at radius 2 is 1.33 bits per heavy atom. The molecule has 0 spiro atoms. The molecule has 1 atom stereocenters. The van der Waals surface area contributed by atoms with Crippen LogP contribution in [0.2, 0.25) is 0 Å². The van der Waals surface area contributed by atoms with E-state index in [1.165, 1.54) is 38.9 Å². The maximum Gasteiger partial charge on any atom is 0.0357 e. The molecule has 0 heteroatoms. The smallest absolute Gasteiger partial charge is 0.0357 e. The van der Waals surface area contributed by atoms with E-state index in [0.717, 1.165) is 19.3 Å². The Balaban J connectivity index is 1.74. The number of rotatable bonds is 0. The average molecular weight is 306 g/mol. The lowest BCUT2D eigenvalue weighted by molar-refractivity contribution is 0.821. The van der Waals surface area contributed by atoms with Crippen molar-refractivity contribution in [1.29, 1.82) is 0 Å². The molecule has 3 aliphatic rings. The van der Waals surface area contributed by atoms with Crippen LogP contribution in [0.1, 0.15) is 56.0 Å². The highest BCUT2D eigenvalue weighted by molar-refractivity contribution is 5.72. The first-order valence-electron chi connectivity index (χ1n) is 8.90. The second-order valence-corrected chi connectivity index (χ2v) is 7.29. The Labute approximate surface area is 142 Å². The minimum atomic E-state index is 0.419. The highest BCUT2D eigenvalue weighted by atomic mass is 14.4. The van der Waals surface area contributed by atoms with Gasteiger partial charge in [0.15, 0.2) is 0 Å². The summed E-state index contributed by atoms with van der Waals surface area (Å²) in [4.78, 5) is 0. The van der Waals surface area contributed by atoms with E-state index in [4.69, 9.17) is 0 Å². The van der Waals surface area contributed by atoms with Crippen LogP contribution in [0.15, 0.2) is 60.7 Å². The third-order valence-electron chi connectivity index (χ3n) is 6.08. The van der Waals surface area contributed by atoms with E-state index in [2.05, 4.69) is 66.7 Å². The fraction of sp³-hybridized carbons (Fsp3) is 0.167. The third kappa shape index (κ3) is 1.54.